The van der Waals surface area contributed by atoms with Gasteiger partial charge in [-0.15, -0.1) is 11.8 Å². The molecule has 1 aliphatic heterocycles. The Kier molecular flexibility index (Phi) is 3.61. The summed E-state index contributed by atoms with van der Waals surface area (Å²) in [6.45, 7) is 2.62. The first-order valence-electron chi connectivity index (χ1n) is 6.08. The van der Waals surface area contributed by atoms with E-state index in [4.69, 9.17) is 16.3 Å². The smallest absolute Gasteiger partial charge is 0.0611 e. The Morgan fingerprint density at radius 2 is 2.18 bits per heavy atom. The quantitative estimate of drug-likeness (QED) is 0.888. The summed E-state index contributed by atoms with van der Waals surface area (Å²) in [6.07, 6.45) is 2.62. The van der Waals surface area contributed by atoms with Crippen molar-refractivity contribution in [1.29, 1.82) is 0 Å². The molecule has 2 nitrogen and oxygen atoms in total. The maximum absolute atomic E-state index is 6.29. The van der Waals surface area contributed by atoms with Crippen molar-refractivity contribution in [1.82, 2.24) is 5.32 Å². The number of benzene rings is 1. The molecule has 2 aliphatic rings. The van der Waals surface area contributed by atoms with Crippen molar-refractivity contribution in [2.45, 2.75) is 35.6 Å². The molecule has 4 heteroatoms. The van der Waals surface area contributed by atoms with Crippen LogP contribution in [-0.2, 0) is 11.3 Å². The maximum Gasteiger partial charge on any atom is 0.0611 e. The third-order valence-electron chi connectivity index (χ3n) is 3.12. The van der Waals surface area contributed by atoms with E-state index in [1.165, 1.54) is 23.3 Å². The van der Waals surface area contributed by atoms with E-state index in [0.29, 0.717) is 5.25 Å². The summed E-state index contributed by atoms with van der Waals surface area (Å²) in [5.41, 5.74) is 1.25. The summed E-state index contributed by atoms with van der Waals surface area (Å²) < 4.78 is 5.22. The predicted octanol–water partition coefficient (Wildman–Crippen LogP) is 3.08. The van der Waals surface area contributed by atoms with Crippen LogP contribution in [0.15, 0.2) is 23.1 Å². The summed E-state index contributed by atoms with van der Waals surface area (Å²) in [6, 6.07) is 6.90. The van der Waals surface area contributed by atoms with E-state index in [9.17, 15) is 0 Å². The summed E-state index contributed by atoms with van der Waals surface area (Å²) in [5, 5.41) is 5.02. The zero-order chi connectivity index (χ0) is 11.7. The fourth-order valence-electron chi connectivity index (χ4n) is 1.82. The van der Waals surface area contributed by atoms with Crippen LogP contribution in [0.25, 0.3) is 0 Å². The molecule has 1 N–H and O–H groups in total. The molecule has 17 heavy (non-hydrogen) atoms. The fraction of sp³-hybridized carbons (Fsp3) is 0.538. The predicted molar refractivity (Wildman–Crippen MR) is 71.8 cm³/mol. The number of thioether (sulfide) groups is 1. The minimum absolute atomic E-state index is 0.605. The molecule has 2 fully saturated rings. The Hall–Kier alpha value is -0.220. The largest absolute Gasteiger partial charge is 0.379 e. The fourth-order valence-corrected chi connectivity index (χ4v) is 3.28. The number of hydrogen-bond acceptors (Lipinski definition) is 3. The van der Waals surface area contributed by atoms with Gasteiger partial charge < -0.3 is 10.1 Å². The molecule has 1 saturated heterocycles. The molecule has 0 unspecified atom stereocenters. The molecule has 0 amide bonds. The number of ether oxygens (including phenoxy) is 1. The van der Waals surface area contributed by atoms with Crippen LogP contribution in [0.5, 0.6) is 0 Å². The Morgan fingerprint density at radius 1 is 1.35 bits per heavy atom. The van der Waals surface area contributed by atoms with E-state index in [1.807, 2.05) is 23.9 Å². The van der Waals surface area contributed by atoms with Crippen LogP contribution in [-0.4, -0.2) is 24.5 Å². The topological polar surface area (TPSA) is 21.3 Å². The normalized spacial score (nSPS) is 20.3. The molecule has 0 bridgehead atoms. The van der Waals surface area contributed by atoms with Crippen LogP contribution in [0.2, 0.25) is 5.02 Å². The molecule has 1 aromatic rings. The minimum Gasteiger partial charge on any atom is -0.379 e. The van der Waals surface area contributed by atoms with E-state index in [1.54, 1.807) is 0 Å². The van der Waals surface area contributed by atoms with Crippen molar-refractivity contribution >= 4 is 23.4 Å². The van der Waals surface area contributed by atoms with E-state index in [-0.39, 0.29) is 0 Å². The monoisotopic (exact) mass is 269 g/mol. The maximum atomic E-state index is 6.29. The standard InChI is InChI=1S/C13H16ClNOS/c14-12-2-1-3-13(17-10-7-16-8-10)11(12)6-15-9-4-5-9/h1-3,9-10,15H,4-8H2. The molecule has 0 radical (unpaired) electrons. The SMILES string of the molecule is Clc1cccc(SC2COC2)c1CNC1CC1. The van der Waals surface area contributed by atoms with Crippen LogP contribution in [0, 0.1) is 0 Å². The molecule has 1 aliphatic carbocycles. The van der Waals surface area contributed by atoms with E-state index in [0.717, 1.165) is 30.8 Å². The minimum atomic E-state index is 0.605. The molecule has 0 atom stereocenters. The highest BCUT2D eigenvalue weighted by Crippen LogP contribution is 2.34. The summed E-state index contributed by atoms with van der Waals surface area (Å²) in [4.78, 5) is 1.30. The van der Waals surface area contributed by atoms with Crippen LogP contribution in [0.3, 0.4) is 0 Å². The van der Waals surface area contributed by atoms with Gasteiger partial charge in [-0.05, 0) is 30.5 Å². The summed E-state index contributed by atoms with van der Waals surface area (Å²) in [5.74, 6) is 0. The van der Waals surface area contributed by atoms with Crippen LogP contribution >= 0.6 is 23.4 Å². The molecular weight excluding hydrogens is 254 g/mol. The Balaban J connectivity index is 1.71. The number of halogens is 1. The molecule has 3 rings (SSSR count). The zero-order valence-electron chi connectivity index (χ0n) is 9.62. The Labute approximate surface area is 111 Å². The van der Waals surface area contributed by atoms with Crippen molar-refractivity contribution in [2.24, 2.45) is 0 Å². The number of hydrogen-bond donors (Lipinski definition) is 1. The van der Waals surface area contributed by atoms with Gasteiger partial charge in [0.2, 0.25) is 0 Å². The van der Waals surface area contributed by atoms with Crippen LogP contribution in [0.1, 0.15) is 18.4 Å². The van der Waals surface area contributed by atoms with Gasteiger partial charge in [-0.25, -0.2) is 0 Å². The molecule has 0 aromatic heterocycles. The van der Waals surface area contributed by atoms with Crippen LogP contribution < -0.4 is 5.32 Å². The lowest BCUT2D eigenvalue weighted by Crippen LogP contribution is -2.30. The summed E-state index contributed by atoms with van der Waals surface area (Å²) in [7, 11) is 0. The second-order valence-electron chi connectivity index (χ2n) is 4.65. The first-order chi connectivity index (χ1) is 8.33. The van der Waals surface area contributed by atoms with Crippen molar-refractivity contribution in [2.75, 3.05) is 13.2 Å². The summed E-state index contributed by atoms with van der Waals surface area (Å²) >= 11 is 8.19. The van der Waals surface area contributed by atoms with Crippen molar-refractivity contribution < 1.29 is 4.74 Å². The molecule has 1 saturated carbocycles. The lowest BCUT2D eigenvalue weighted by molar-refractivity contribution is 0.0455. The lowest BCUT2D eigenvalue weighted by atomic mass is 10.2. The zero-order valence-corrected chi connectivity index (χ0v) is 11.2. The van der Waals surface area contributed by atoms with E-state index in [2.05, 4.69) is 11.4 Å². The number of nitrogens with one attached hydrogen (secondary N) is 1. The van der Waals surface area contributed by atoms with Gasteiger partial charge in [0.1, 0.15) is 0 Å². The van der Waals surface area contributed by atoms with Gasteiger partial charge in [0.05, 0.1) is 18.5 Å². The van der Waals surface area contributed by atoms with Crippen molar-refractivity contribution in [3.05, 3.63) is 28.8 Å². The van der Waals surface area contributed by atoms with Crippen molar-refractivity contribution in [3.63, 3.8) is 0 Å². The van der Waals surface area contributed by atoms with Gasteiger partial charge in [-0.3, -0.25) is 0 Å². The van der Waals surface area contributed by atoms with Gasteiger partial charge in [-0.2, -0.15) is 0 Å². The van der Waals surface area contributed by atoms with Gasteiger partial charge in [0, 0.05) is 22.5 Å². The highest BCUT2D eigenvalue weighted by Gasteiger charge is 2.23. The molecule has 1 aromatic carbocycles. The van der Waals surface area contributed by atoms with Gasteiger partial charge in [0.25, 0.3) is 0 Å². The Bertz CT molecular complexity index is 404. The first-order valence-corrected chi connectivity index (χ1v) is 7.34. The second kappa shape index (κ2) is 5.19. The third-order valence-corrected chi connectivity index (χ3v) is 4.72. The molecule has 0 spiro atoms. The van der Waals surface area contributed by atoms with E-state index >= 15 is 0 Å². The second-order valence-corrected chi connectivity index (χ2v) is 6.40. The Morgan fingerprint density at radius 3 is 2.82 bits per heavy atom. The lowest BCUT2D eigenvalue weighted by Gasteiger charge is -2.26. The average Bonchev–Trinajstić information content (AvgIpc) is 3.06. The highest BCUT2D eigenvalue weighted by atomic mass is 35.5. The molecular formula is C13H16ClNOS. The average molecular weight is 270 g/mol. The van der Waals surface area contributed by atoms with Crippen LogP contribution in [0.4, 0.5) is 0 Å². The van der Waals surface area contributed by atoms with Gasteiger partial charge in [0.15, 0.2) is 0 Å². The van der Waals surface area contributed by atoms with E-state index < -0.39 is 0 Å². The van der Waals surface area contributed by atoms with Gasteiger partial charge >= 0.3 is 0 Å². The molecule has 1 heterocycles. The highest BCUT2D eigenvalue weighted by molar-refractivity contribution is 8.00. The third kappa shape index (κ3) is 2.97. The van der Waals surface area contributed by atoms with Gasteiger partial charge in [-0.1, -0.05) is 17.7 Å². The first kappa shape index (κ1) is 11.8. The number of rotatable bonds is 5. The molecule has 92 valence electrons. The van der Waals surface area contributed by atoms with Crippen molar-refractivity contribution in [3.8, 4) is 0 Å².